The first-order valence-corrected chi connectivity index (χ1v) is 7.90. The second kappa shape index (κ2) is 6.25. The molecule has 0 aliphatic heterocycles. The van der Waals surface area contributed by atoms with Crippen LogP contribution in [0.15, 0.2) is 61.0 Å². The van der Waals surface area contributed by atoms with Crippen LogP contribution in [-0.4, -0.2) is 5.16 Å². The van der Waals surface area contributed by atoms with Gasteiger partial charge in [-0.25, -0.2) is 0 Å². The van der Waals surface area contributed by atoms with Gasteiger partial charge >= 0.3 is 6.18 Å². The zero-order chi connectivity index (χ0) is 16.4. The number of alkyl halides is 3. The van der Waals surface area contributed by atoms with Gasteiger partial charge in [0.2, 0.25) is 0 Å². The van der Waals surface area contributed by atoms with Crippen LogP contribution in [0.3, 0.4) is 0 Å². The Labute approximate surface area is 140 Å². The van der Waals surface area contributed by atoms with Gasteiger partial charge in [0, 0.05) is 4.47 Å². The molecule has 118 valence electrons. The molecule has 0 N–H and O–H groups in total. The summed E-state index contributed by atoms with van der Waals surface area (Å²) in [7, 11) is 0. The average molecular weight is 402 g/mol. The first kappa shape index (κ1) is 15.9. The fourth-order valence-corrected chi connectivity index (χ4v) is 2.73. The zero-order valence-corrected chi connectivity index (χ0v) is 13.6. The lowest BCUT2D eigenvalue weighted by Crippen LogP contribution is -2.03. The van der Waals surface area contributed by atoms with Crippen LogP contribution in [0.4, 0.5) is 24.5 Å². The molecule has 0 unspecified atom stereocenters. The second-order valence-electron chi connectivity index (χ2n) is 4.36. The van der Waals surface area contributed by atoms with Gasteiger partial charge in [0.25, 0.3) is 5.76 Å². The number of benzene rings is 1. The third-order valence-electron chi connectivity index (χ3n) is 2.77. The van der Waals surface area contributed by atoms with Crippen molar-refractivity contribution in [3.05, 3.63) is 52.0 Å². The van der Waals surface area contributed by atoms with Crippen molar-refractivity contribution in [2.45, 2.75) is 6.18 Å². The molecule has 0 bridgehead atoms. The van der Waals surface area contributed by atoms with Crippen LogP contribution in [0.2, 0.25) is 0 Å². The van der Waals surface area contributed by atoms with E-state index in [1.165, 1.54) is 11.3 Å². The lowest BCUT2D eigenvalue weighted by atomic mass is 10.2. The highest BCUT2D eigenvalue weighted by Crippen LogP contribution is 2.43. The van der Waals surface area contributed by atoms with Gasteiger partial charge in [-0.1, -0.05) is 27.2 Å². The van der Waals surface area contributed by atoms with Crippen molar-refractivity contribution in [3.63, 3.8) is 0 Å². The van der Waals surface area contributed by atoms with Gasteiger partial charge in [-0.3, -0.25) is 0 Å². The van der Waals surface area contributed by atoms with E-state index in [9.17, 15) is 13.2 Å². The van der Waals surface area contributed by atoms with Crippen molar-refractivity contribution in [1.29, 1.82) is 0 Å². The first-order valence-electron chi connectivity index (χ1n) is 6.23. The third-order valence-corrected chi connectivity index (χ3v) is 4.18. The van der Waals surface area contributed by atoms with Crippen molar-refractivity contribution in [3.8, 4) is 10.6 Å². The summed E-state index contributed by atoms with van der Waals surface area (Å²) in [4.78, 5) is 0.522. The highest BCUT2D eigenvalue weighted by molar-refractivity contribution is 9.10. The van der Waals surface area contributed by atoms with Gasteiger partial charge in [0.05, 0.1) is 10.6 Å². The van der Waals surface area contributed by atoms with Gasteiger partial charge < -0.3 is 4.52 Å². The average Bonchev–Trinajstić information content (AvgIpc) is 3.15. The molecule has 9 heteroatoms. The lowest BCUT2D eigenvalue weighted by Gasteiger charge is -2.01. The van der Waals surface area contributed by atoms with E-state index in [-0.39, 0.29) is 5.69 Å². The Balaban J connectivity index is 2.05. The number of hydrogen-bond acceptors (Lipinski definition) is 5. The quantitative estimate of drug-likeness (QED) is 0.464. The summed E-state index contributed by atoms with van der Waals surface area (Å²) >= 11 is 4.51. The molecule has 2 aromatic heterocycles. The Morgan fingerprint density at radius 2 is 1.83 bits per heavy atom. The molecule has 0 radical (unpaired) electrons. The molecular formula is C14H7BrF3N3OS. The summed E-state index contributed by atoms with van der Waals surface area (Å²) < 4.78 is 44.4. The SMILES string of the molecule is FC(F)(F)c1onc(-c2cccs2)c1N=Nc1ccc(Br)cc1. The number of aromatic nitrogens is 1. The summed E-state index contributed by atoms with van der Waals surface area (Å²) in [6.45, 7) is 0. The van der Waals surface area contributed by atoms with Crippen molar-refractivity contribution < 1.29 is 17.7 Å². The Morgan fingerprint density at radius 3 is 2.43 bits per heavy atom. The number of thiophene rings is 1. The number of hydrogen-bond donors (Lipinski definition) is 0. The van der Waals surface area contributed by atoms with Crippen LogP contribution in [0, 0.1) is 0 Å². The summed E-state index contributed by atoms with van der Waals surface area (Å²) in [6, 6.07) is 10.0. The minimum atomic E-state index is -4.70. The van der Waals surface area contributed by atoms with Crippen LogP contribution in [0.5, 0.6) is 0 Å². The third kappa shape index (κ3) is 3.50. The Morgan fingerprint density at radius 1 is 1.09 bits per heavy atom. The topological polar surface area (TPSA) is 50.8 Å². The molecule has 0 saturated heterocycles. The summed E-state index contributed by atoms with van der Waals surface area (Å²) in [5.74, 6) is -1.26. The molecule has 0 amide bonds. The first-order chi connectivity index (χ1) is 10.9. The second-order valence-corrected chi connectivity index (χ2v) is 6.22. The molecule has 3 rings (SSSR count). The molecule has 0 fully saturated rings. The Bertz CT molecular complexity index is 826. The van der Waals surface area contributed by atoms with Gasteiger partial charge in [-0.15, -0.1) is 16.5 Å². The van der Waals surface area contributed by atoms with E-state index in [2.05, 4.69) is 35.8 Å². The Hall–Kier alpha value is -2.00. The maximum Gasteiger partial charge on any atom is 0.454 e. The molecule has 2 heterocycles. The fraction of sp³-hybridized carbons (Fsp3) is 0.0714. The molecule has 23 heavy (non-hydrogen) atoms. The van der Waals surface area contributed by atoms with Crippen molar-refractivity contribution >= 4 is 38.6 Å². The molecule has 0 saturated carbocycles. The van der Waals surface area contributed by atoms with Gasteiger partial charge in [-0.2, -0.15) is 18.3 Å². The van der Waals surface area contributed by atoms with Crippen LogP contribution < -0.4 is 0 Å². The summed E-state index contributed by atoms with van der Waals surface area (Å²) in [6.07, 6.45) is -4.70. The van der Waals surface area contributed by atoms with E-state index < -0.39 is 17.6 Å². The van der Waals surface area contributed by atoms with Crippen LogP contribution in [0.1, 0.15) is 5.76 Å². The van der Waals surface area contributed by atoms with Crippen molar-refractivity contribution in [1.82, 2.24) is 5.16 Å². The number of nitrogens with zero attached hydrogens (tertiary/aromatic N) is 3. The molecule has 4 nitrogen and oxygen atoms in total. The maximum atomic E-state index is 13.0. The van der Waals surface area contributed by atoms with Crippen molar-refractivity contribution in [2.75, 3.05) is 0 Å². The number of azo groups is 1. The van der Waals surface area contributed by atoms with Crippen LogP contribution >= 0.6 is 27.3 Å². The molecule has 0 spiro atoms. The largest absolute Gasteiger partial charge is 0.454 e. The number of halogens is 4. The maximum absolute atomic E-state index is 13.0. The van der Waals surface area contributed by atoms with E-state index >= 15 is 0 Å². The minimum absolute atomic E-state index is 0.0215. The number of rotatable bonds is 3. The molecule has 1 aromatic carbocycles. The van der Waals surface area contributed by atoms with E-state index in [4.69, 9.17) is 0 Å². The van der Waals surface area contributed by atoms with E-state index in [0.717, 1.165) is 4.47 Å². The predicted molar refractivity (Wildman–Crippen MR) is 83.1 cm³/mol. The normalized spacial score (nSPS) is 12.2. The molecular weight excluding hydrogens is 395 g/mol. The minimum Gasteiger partial charge on any atom is -0.348 e. The lowest BCUT2D eigenvalue weighted by molar-refractivity contribution is -0.154. The smallest absolute Gasteiger partial charge is 0.348 e. The molecule has 3 aromatic rings. The fourth-order valence-electron chi connectivity index (χ4n) is 1.75. The van der Waals surface area contributed by atoms with E-state index in [0.29, 0.717) is 10.6 Å². The van der Waals surface area contributed by atoms with Crippen LogP contribution in [0.25, 0.3) is 10.6 Å². The van der Waals surface area contributed by atoms with E-state index in [1.54, 1.807) is 41.8 Å². The van der Waals surface area contributed by atoms with Gasteiger partial charge in [0.1, 0.15) is 0 Å². The molecule has 0 aliphatic carbocycles. The highest BCUT2D eigenvalue weighted by Gasteiger charge is 2.41. The monoisotopic (exact) mass is 401 g/mol. The Kier molecular flexibility index (Phi) is 4.31. The standard InChI is InChI=1S/C14H7BrF3N3OS/c15-8-3-5-9(6-4-8)19-20-12-11(10-2-1-7-23-10)21-22-13(12)14(16,17)18/h1-7H. The van der Waals surface area contributed by atoms with Crippen LogP contribution in [-0.2, 0) is 6.18 Å². The van der Waals surface area contributed by atoms with Gasteiger partial charge in [0.15, 0.2) is 11.4 Å². The zero-order valence-electron chi connectivity index (χ0n) is 11.2. The van der Waals surface area contributed by atoms with E-state index in [1.807, 2.05) is 0 Å². The molecule has 0 atom stereocenters. The highest BCUT2D eigenvalue weighted by atomic mass is 79.9. The predicted octanol–water partition coefficient (Wildman–Crippen LogP) is 6.60. The summed E-state index contributed by atoms with van der Waals surface area (Å²) in [5, 5.41) is 12.8. The van der Waals surface area contributed by atoms with Crippen molar-refractivity contribution in [2.24, 2.45) is 10.2 Å². The molecule has 0 aliphatic rings. The summed E-state index contributed by atoms with van der Waals surface area (Å²) in [5.41, 5.74) is 0.00992. The van der Waals surface area contributed by atoms with Gasteiger partial charge in [-0.05, 0) is 35.7 Å².